The molecule has 0 aliphatic carbocycles. The molecule has 18 heteroatoms. The Balaban J connectivity index is 1.54. The van der Waals surface area contributed by atoms with Crippen LogP contribution < -0.4 is 49.9 Å². The average Bonchev–Trinajstić information content (AvgIpc) is 3.62. The summed E-state index contributed by atoms with van der Waals surface area (Å²) in [4.78, 5) is 66.2. The molecule has 4 rings (SSSR count). The summed E-state index contributed by atoms with van der Waals surface area (Å²) in [6.45, 7) is 1.18. The molecule has 60 heavy (non-hydrogen) atoms. The van der Waals surface area contributed by atoms with Crippen LogP contribution in [0.25, 0.3) is 10.9 Å². The first-order chi connectivity index (χ1) is 28.8. The Morgan fingerprint density at radius 1 is 0.583 bits per heavy atom. The summed E-state index contributed by atoms with van der Waals surface area (Å²) in [6.07, 6.45) is 5.74. The number of para-hydroxylation sites is 1. The standard InChI is InChI=1S/C42H58N12O6/c43-37(57)34(24-28-25-51-32-9-4-3-8-31(28)32)53-38(58)33(10-7-21-50-42(46)47)52-40(60)36(23-27-13-17-30(56)18-14-27)54-39(59)35(22-26-11-15-29(55)16-12-26)48-19-5-1-2-6-20-49-41(44)45/h3-4,8-9,11-18,25,33-36,48,51,55-56H,1-2,5-7,10,19-24H2,(H2,43,57)(H,52,60)(H,53,58)(H,54,59)(H4,44,45,49)(H4,46,47,50)/t33-,34-,35-,36-/m0/s1. The number of fused-ring (bicyclic) bond motifs is 1. The van der Waals surface area contributed by atoms with E-state index in [0.29, 0.717) is 18.7 Å². The van der Waals surface area contributed by atoms with Crippen LogP contribution in [0.2, 0.25) is 0 Å². The summed E-state index contributed by atoms with van der Waals surface area (Å²) in [5.41, 5.74) is 30.6. The van der Waals surface area contributed by atoms with Crippen molar-refractivity contribution in [2.45, 2.75) is 82.0 Å². The molecule has 322 valence electrons. The number of benzene rings is 3. The average molecular weight is 827 g/mol. The number of hydrogen-bond donors (Lipinski definition) is 12. The zero-order valence-electron chi connectivity index (χ0n) is 33.6. The van der Waals surface area contributed by atoms with Gasteiger partial charge in [0.15, 0.2) is 11.9 Å². The summed E-state index contributed by atoms with van der Waals surface area (Å²) in [6, 6.07) is 15.9. The number of nitrogens with one attached hydrogen (secondary N) is 5. The molecule has 0 aliphatic rings. The lowest BCUT2D eigenvalue weighted by Crippen LogP contribution is -2.58. The zero-order chi connectivity index (χ0) is 43.4. The van der Waals surface area contributed by atoms with Crippen LogP contribution in [0.5, 0.6) is 11.5 Å². The highest BCUT2D eigenvalue weighted by atomic mass is 16.3. The number of unbranched alkanes of at least 4 members (excludes halogenated alkanes) is 3. The zero-order valence-corrected chi connectivity index (χ0v) is 33.6. The van der Waals surface area contributed by atoms with E-state index in [9.17, 15) is 29.4 Å². The van der Waals surface area contributed by atoms with Crippen molar-refractivity contribution < 1.29 is 29.4 Å². The number of phenols is 2. The summed E-state index contributed by atoms with van der Waals surface area (Å²) >= 11 is 0. The van der Waals surface area contributed by atoms with Crippen LogP contribution in [0.15, 0.2) is 89.0 Å². The summed E-state index contributed by atoms with van der Waals surface area (Å²) in [5, 5.41) is 32.4. The lowest BCUT2D eigenvalue weighted by molar-refractivity contribution is -0.133. The minimum atomic E-state index is -1.19. The number of aromatic hydroxyl groups is 2. The number of rotatable bonds is 25. The van der Waals surface area contributed by atoms with Gasteiger partial charge in [0.1, 0.15) is 29.6 Å². The fourth-order valence-corrected chi connectivity index (χ4v) is 6.61. The lowest BCUT2D eigenvalue weighted by atomic mass is 10.0. The van der Waals surface area contributed by atoms with Crippen molar-refractivity contribution in [1.82, 2.24) is 26.3 Å². The molecule has 4 amide bonds. The topological polar surface area (TPSA) is 327 Å². The second-order valence-corrected chi connectivity index (χ2v) is 14.6. The number of carbonyl (C=O) groups is 4. The number of H-pyrrole nitrogens is 1. The Morgan fingerprint density at radius 3 is 1.72 bits per heavy atom. The van der Waals surface area contributed by atoms with Gasteiger partial charge in [-0.1, -0.05) is 55.3 Å². The Kier molecular flexibility index (Phi) is 18.0. The van der Waals surface area contributed by atoms with Gasteiger partial charge in [-0.25, -0.2) is 0 Å². The van der Waals surface area contributed by atoms with Gasteiger partial charge in [0.25, 0.3) is 0 Å². The Bertz CT molecular complexity index is 2060. The number of hydrogen-bond acceptors (Lipinski definition) is 9. The second kappa shape index (κ2) is 23.6. The van der Waals surface area contributed by atoms with Crippen LogP contribution >= 0.6 is 0 Å². The molecule has 0 radical (unpaired) electrons. The smallest absolute Gasteiger partial charge is 0.243 e. The molecule has 1 aromatic heterocycles. The first-order valence-corrected chi connectivity index (χ1v) is 19.9. The molecule has 1 heterocycles. The molecule has 17 N–H and O–H groups in total. The van der Waals surface area contributed by atoms with E-state index in [1.54, 1.807) is 30.5 Å². The van der Waals surface area contributed by atoms with E-state index in [1.807, 2.05) is 24.3 Å². The normalized spacial score (nSPS) is 13.0. The maximum absolute atomic E-state index is 14.3. The van der Waals surface area contributed by atoms with E-state index in [1.165, 1.54) is 24.3 Å². The maximum Gasteiger partial charge on any atom is 0.243 e. The predicted molar refractivity (Wildman–Crippen MR) is 231 cm³/mol. The van der Waals surface area contributed by atoms with Crippen molar-refractivity contribution in [2.75, 3.05) is 19.6 Å². The van der Waals surface area contributed by atoms with Crippen LogP contribution in [0.1, 0.15) is 55.2 Å². The fourth-order valence-electron chi connectivity index (χ4n) is 6.61. The van der Waals surface area contributed by atoms with Crippen LogP contribution in [-0.2, 0) is 38.4 Å². The molecule has 0 saturated carbocycles. The van der Waals surface area contributed by atoms with Gasteiger partial charge < -0.3 is 65.1 Å². The number of guanidine groups is 2. The number of aliphatic imine (C=N–C) groups is 2. The third kappa shape index (κ3) is 15.5. The molecule has 0 saturated heterocycles. The van der Waals surface area contributed by atoms with Gasteiger partial charge in [-0.15, -0.1) is 0 Å². The maximum atomic E-state index is 14.3. The summed E-state index contributed by atoms with van der Waals surface area (Å²) in [7, 11) is 0. The van der Waals surface area contributed by atoms with Crippen molar-refractivity contribution in [1.29, 1.82) is 0 Å². The third-order valence-corrected chi connectivity index (χ3v) is 9.81. The Morgan fingerprint density at radius 2 is 1.10 bits per heavy atom. The van der Waals surface area contributed by atoms with Gasteiger partial charge in [0, 0.05) is 43.0 Å². The van der Waals surface area contributed by atoms with Crippen molar-refractivity contribution >= 4 is 46.5 Å². The van der Waals surface area contributed by atoms with Crippen molar-refractivity contribution in [3.8, 4) is 11.5 Å². The van der Waals surface area contributed by atoms with E-state index in [0.717, 1.165) is 47.7 Å². The van der Waals surface area contributed by atoms with E-state index in [2.05, 4.69) is 36.2 Å². The quantitative estimate of drug-likeness (QED) is 0.0246. The molecule has 0 spiro atoms. The van der Waals surface area contributed by atoms with Crippen LogP contribution in [-0.4, -0.2) is 94.5 Å². The predicted octanol–water partition coefficient (Wildman–Crippen LogP) is 0.392. The van der Waals surface area contributed by atoms with Crippen molar-refractivity contribution in [3.05, 3.63) is 95.7 Å². The highest BCUT2D eigenvalue weighted by molar-refractivity contribution is 5.95. The van der Waals surface area contributed by atoms with E-state index in [4.69, 9.17) is 28.7 Å². The first kappa shape index (κ1) is 45.9. The van der Waals surface area contributed by atoms with Crippen LogP contribution in [0.4, 0.5) is 0 Å². The molecule has 0 unspecified atom stereocenters. The number of primary amides is 1. The number of phenolic OH excluding ortho intramolecular Hbond substituents is 2. The molecule has 0 aliphatic heterocycles. The molecule has 0 bridgehead atoms. The number of carbonyl (C=O) groups excluding carboxylic acids is 4. The monoisotopic (exact) mass is 826 g/mol. The van der Waals surface area contributed by atoms with E-state index >= 15 is 0 Å². The number of nitrogens with zero attached hydrogens (tertiary/aromatic N) is 2. The number of amides is 4. The fraction of sp³-hybridized carbons (Fsp3) is 0.381. The molecule has 4 atom stereocenters. The third-order valence-electron chi connectivity index (χ3n) is 9.81. The molecule has 0 fully saturated rings. The van der Waals surface area contributed by atoms with Crippen LogP contribution in [0, 0.1) is 0 Å². The molecular weight excluding hydrogens is 769 g/mol. The van der Waals surface area contributed by atoms with Gasteiger partial charge in [0.05, 0.1) is 6.04 Å². The second-order valence-electron chi connectivity index (χ2n) is 14.6. The number of aromatic amines is 1. The van der Waals surface area contributed by atoms with E-state index in [-0.39, 0.29) is 62.1 Å². The number of nitrogens with two attached hydrogens (primary N) is 5. The summed E-state index contributed by atoms with van der Waals surface area (Å²) in [5.74, 6) is -2.57. The minimum Gasteiger partial charge on any atom is -0.508 e. The Hall–Kier alpha value is -6.82. The van der Waals surface area contributed by atoms with Gasteiger partial charge in [0.2, 0.25) is 23.6 Å². The van der Waals surface area contributed by atoms with Gasteiger partial charge in [-0.3, -0.25) is 29.2 Å². The largest absolute Gasteiger partial charge is 0.508 e. The van der Waals surface area contributed by atoms with Gasteiger partial charge >= 0.3 is 0 Å². The SMILES string of the molecule is NC(=O)[C@H](Cc1c[nH]c2ccccc12)NC(=O)[C@H](CCCN=C(N)N)NC(=O)[C@H](Cc1ccc(O)cc1)NC(=O)[C@H](Cc1ccc(O)cc1)NCCCCCCN=C(N)N. The highest BCUT2D eigenvalue weighted by Crippen LogP contribution is 2.20. The molecule has 4 aromatic rings. The van der Waals surface area contributed by atoms with Gasteiger partial charge in [-0.05, 0) is 85.7 Å². The molecule has 18 nitrogen and oxygen atoms in total. The van der Waals surface area contributed by atoms with Crippen molar-refractivity contribution in [2.24, 2.45) is 38.7 Å². The van der Waals surface area contributed by atoms with E-state index < -0.39 is 47.8 Å². The molecule has 3 aromatic carbocycles. The Labute approximate surface area is 348 Å². The highest BCUT2D eigenvalue weighted by Gasteiger charge is 2.31. The van der Waals surface area contributed by atoms with Gasteiger partial charge in [-0.2, -0.15) is 0 Å². The van der Waals surface area contributed by atoms with Crippen LogP contribution in [0.3, 0.4) is 0 Å². The lowest BCUT2D eigenvalue weighted by Gasteiger charge is -2.26. The molecular formula is C42H58N12O6. The first-order valence-electron chi connectivity index (χ1n) is 19.9. The number of aromatic nitrogens is 1. The van der Waals surface area contributed by atoms with Crippen molar-refractivity contribution in [3.63, 3.8) is 0 Å². The summed E-state index contributed by atoms with van der Waals surface area (Å²) < 4.78 is 0. The minimum absolute atomic E-state index is 0.00634.